The van der Waals surface area contributed by atoms with Gasteiger partial charge in [0.1, 0.15) is 11.4 Å². The molecule has 1 aliphatic rings. The Balaban J connectivity index is 2.18. The Bertz CT molecular complexity index is 388. The number of hydrogen-bond donors (Lipinski definition) is 2. The molecule has 1 saturated carbocycles. The Labute approximate surface area is 97.8 Å². The molecule has 16 heavy (non-hydrogen) atoms. The van der Waals surface area contributed by atoms with Gasteiger partial charge in [-0.25, -0.2) is 4.79 Å². The lowest BCUT2D eigenvalue weighted by molar-refractivity contribution is -0.142. The summed E-state index contributed by atoms with van der Waals surface area (Å²) in [6.07, 6.45) is 3.07. The number of rotatable bonds is 3. The smallest absolute Gasteiger partial charge is 0.329 e. The molecule has 1 heterocycles. The highest BCUT2D eigenvalue weighted by Gasteiger charge is 2.41. The minimum Gasteiger partial charge on any atom is -0.480 e. The Morgan fingerprint density at radius 1 is 1.38 bits per heavy atom. The fraction of sp³-hybridized carbons (Fsp3) is 0.500. The summed E-state index contributed by atoms with van der Waals surface area (Å²) in [4.78, 5) is 11.3. The normalized spacial score (nSPS) is 18.3. The van der Waals surface area contributed by atoms with E-state index in [-0.39, 0.29) is 0 Å². The van der Waals surface area contributed by atoms with Gasteiger partial charge in [-0.2, -0.15) is 0 Å². The van der Waals surface area contributed by atoms with Gasteiger partial charge < -0.3 is 10.4 Å². The molecule has 86 valence electrons. The van der Waals surface area contributed by atoms with Crippen molar-refractivity contribution in [2.45, 2.75) is 31.2 Å². The molecule has 6 heteroatoms. The predicted octanol–water partition coefficient (Wildman–Crippen LogP) is 1.94. The lowest BCUT2D eigenvalue weighted by Gasteiger charge is -2.25. The zero-order chi connectivity index (χ0) is 11.6. The number of carbonyl (C=O) groups is 1. The van der Waals surface area contributed by atoms with Gasteiger partial charge in [-0.05, 0) is 25.0 Å². The van der Waals surface area contributed by atoms with Crippen molar-refractivity contribution in [3.63, 3.8) is 0 Å². The number of anilines is 1. The third-order valence-corrected chi connectivity index (χ3v) is 3.07. The lowest BCUT2D eigenvalue weighted by atomic mass is 9.98. The van der Waals surface area contributed by atoms with Crippen LogP contribution in [0.5, 0.6) is 0 Å². The largest absolute Gasteiger partial charge is 0.480 e. The zero-order valence-corrected chi connectivity index (χ0v) is 9.37. The first-order valence-corrected chi connectivity index (χ1v) is 5.51. The monoisotopic (exact) mass is 241 g/mol. The van der Waals surface area contributed by atoms with Gasteiger partial charge in [0, 0.05) is 0 Å². The molecule has 2 N–H and O–H groups in total. The fourth-order valence-electron chi connectivity index (χ4n) is 2.00. The van der Waals surface area contributed by atoms with Gasteiger partial charge in [-0.3, -0.25) is 0 Å². The minimum atomic E-state index is -0.886. The summed E-state index contributed by atoms with van der Waals surface area (Å²) in [5, 5.41) is 20.0. The molecule has 0 radical (unpaired) electrons. The van der Waals surface area contributed by atoms with Crippen LogP contribution in [0.4, 0.5) is 5.82 Å². The molecule has 0 bridgehead atoms. The van der Waals surface area contributed by atoms with Crippen LogP contribution in [0.3, 0.4) is 0 Å². The summed E-state index contributed by atoms with van der Waals surface area (Å²) >= 11 is 5.61. The summed E-state index contributed by atoms with van der Waals surface area (Å²) in [7, 11) is 0. The van der Waals surface area contributed by atoms with E-state index in [4.69, 9.17) is 11.6 Å². The second kappa shape index (κ2) is 4.25. The van der Waals surface area contributed by atoms with E-state index in [2.05, 4.69) is 15.5 Å². The Morgan fingerprint density at radius 2 is 2.06 bits per heavy atom. The molecular weight excluding hydrogens is 230 g/mol. The maximum absolute atomic E-state index is 11.3. The third kappa shape index (κ3) is 2.09. The molecule has 5 nitrogen and oxygen atoms in total. The van der Waals surface area contributed by atoms with Crippen molar-refractivity contribution in [3.8, 4) is 0 Å². The molecule has 0 aromatic carbocycles. The van der Waals surface area contributed by atoms with Crippen LogP contribution in [-0.4, -0.2) is 26.8 Å². The molecule has 2 rings (SSSR count). The SMILES string of the molecule is O=C(O)C1(Nc2ccc(Cl)nn2)CCCC1. The summed E-state index contributed by atoms with van der Waals surface area (Å²) in [5.74, 6) is -0.379. The van der Waals surface area contributed by atoms with Gasteiger partial charge in [-0.15, -0.1) is 10.2 Å². The Kier molecular flexibility index (Phi) is 2.96. The first-order valence-electron chi connectivity index (χ1n) is 5.13. The molecule has 0 aliphatic heterocycles. The van der Waals surface area contributed by atoms with Crippen LogP contribution >= 0.6 is 11.6 Å². The molecule has 0 amide bonds. The van der Waals surface area contributed by atoms with Crippen molar-refractivity contribution in [1.29, 1.82) is 0 Å². The molecule has 0 spiro atoms. The van der Waals surface area contributed by atoms with Crippen molar-refractivity contribution in [2.75, 3.05) is 5.32 Å². The molecule has 1 aromatic heterocycles. The summed E-state index contributed by atoms with van der Waals surface area (Å²) in [6.45, 7) is 0. The number of aromatic nitrogens is 2. The molecule has 1 aromatic rings. The number of halogens is 1. The first kappa shape index (κ1) is 11.1. The second-order valence-electron chi connectivity index (χ2n) is 3.96. The summed E-state index contributed by atoms with van der Waals surface area (Å²) in [6, 6.07) is 3.22. The van der Waals surface area contributed by atoms with Gasteiger partial charge in [-0.1, -0.05) is 24.4 Å². The van der Waals surface area contributed by atoms with E-state index in [1.807, 2.05) is 0 Å². The van der Waals surface area contributed by atoms with E-state index in [0.29, 0.717) is 23.8 Å². The van der Waals surface area contributed by atoms with Gasteiger partial charge in [0.2, 0.25) is 0 Å². The first-order chi connectivity index (χ1) is 7.62. The highest BCUT2D eigenvalue weighted by atomic mass is 35.5. The van der Waals surface area contributed by atoms with Gasteiger partial charge >= 0.3 is 5.97 Å². The van der Waals surface area contributed by atoms with Crippen LogP contribution in [0.15, 0.2) is 12.1 Å². The van der Waals surface area contributed by atoms with E-state index in [9.17, 15) is 9.90 Å². The maximum Gasteiger partial charge on any atom is 0.329 e. The van der Waals surface area contributed by atoms with Crippen molar-refractivity contribution < 1.29 is 9.90 Å². The summed E-state index contributed by atoms with van der Waals surface area (Å²) in [5.41, 5.74) is -0.886. The third-order valence-electron chi connectivity index (χ3n) is 2.87. The second-order valence-corrected chi connectivity index (χ2v) is 4.35. The van der Waals surface area contributed by atoms with Gasteiger partial charge in [0.25, 0.3) is 0 Å². The maximum atomic E-state index is 11.3. The van der Waals surface area contributed by atoms with Crippen LogP contribution in [0.25, 0.3) is 0 Å². The van der Waals surface area contributed by atoms with Crippen molar-refractivity contribution >= 4 is 23.4 Å². The summed E-state index contributed by atoms with van der Waals surface area (Å²) < 4.78 is 0. The van der Waals surface area contributed by atoms with Gasteiger partial charge in [0.15, 0.2) is 5.15 Å². The molecule has 0 atom stereocenters. The Hall–Kier alpha value is -1.36. The van der Waals surface area contributed by atoms with Crippen LogP contribution in [-0.2, 0) is 4.79 Å². The number of carboxylic acid groups (broad SMARTS) is 1. The number of aliphatic carboxylic acids is 1. The van der Waals surface area contributed by atoms with Crippen LogP contribution in [0.1, 0.15) is 25.7 Å². The van der Waals surface area contributed by atoms with E-state index in [1.165, 1.54) is 0 Å². The fourth-order valence-corrected chi connectivity index (χ4v) is 2.10. The Morgan fingerprint density at radius 3 is 2.56 bits per heavy atom. The number of carboxylic acids is 1. The predicted molar refractivity (Wildman–Crippen MR) is 59.5 cm³/mol. The number of hydrogen-bond acceptors (Lipinski definition) is 4. The molecular formula is C10H12ClN3O2. The number of nitrogens with one attached hydrogen (secondary N) is 1. The minimum absolute atomic E-state index is 0.293. The van der Waals surface area contributed by atoms with Crippen molar-refractivity contribution in [2.24, 2.45) is 0 Å². The van der Waals surface area contributed by atoms with E-state index < -0.39 is 11.5 Å². The lowest BCUT2D eigenvalue weighted by Crippen LogP contribution is -2.43. The van der Waals surface area contributed by atoms with Crippen LogP contribution < -0.4 is 5.32 Å². The molecule has 0 saturated heterocycles. The number of nitrogens with zero attached hydrogens (tertiary/aromatic N) is 2. The standard InChI is InChI=1S/C10H12ClN3O2/c11-7-3-4-8(14-13-7)12-10(9(15)16)5-1-2-6-10/h3-4H,1-2,5-6H2,(H,12,14)(H,15,16). The zero-order valence-electron chi connectivity index (χ0n) is 8.61. The van der Waals surface area contributed by atoms with Crippen molar-refractivity contribution in [3.05, 3.63) is 17.3 Å². The highest BCUT2D eigenvalue weighted by Crippen LogP contribution is 2.32. The molecule has 0 unspecified atom stereocenters. The van der Waals surface area contributed by atoms with E-state index >= 15 is 0 Å². The topological polar surface area (TPSA) is 75.1 Å². The quantitative estimate of drug-likeness (QED) is 0.846. The van der Waals surface area contributed by atoms with Crippen LogP contribution in [0.2, 0.25) is 5.15 Å². The van der Waals surface area contributed by atoms with E-state index in [1.54, 1.807) is 12.1 Å². The highest BCUT2D eigenvalue weighted by molar-refractivity contribution is 6.29. The van der Waals surface area contributed by atoms with Crippen LogP contribution in [0, 0.1) is 0 Å². The molecule has 1 fully saturated rings. The van der Waals surface area contributed by atoms with Gasteiger partial charge in [0.05, 0.1) is 0 Å². The van der Waals surface area contributed by atoms with Crippen molar-refractivity contribution in [1.82, 2.24) is 10.2 Å². The average Bonchev–Trinajstić information content (AvgIpc) is 2.71. The molecule has 1 aliphatic carbocycles. The van der Waals surface area contributed by atoms with E-state index in [0.717, 1.165) is 12.8 Å². The average molecular weight is 242 g/mol.